The molecule has 1 amide bonds. The highest BCUT2D eigenvalue weighted by molar-refractivity contribution is 5.80. The van der Waals surface area contributed by atoms with Gasteiger partial charge >= 0.3 is 0 Å². The summed E-state index contributed by atoms with van der Waals surface area (Å²) in [5.74, 6) is 1.93. The van der Waals surface area contributed by atoms with Crippen LogP contribution in [-0.2, 0) is 9.53 Å². The van der Waals surface area contributed by atoms with E-state index >= 15 is 0 Å². The Kier molecular flexibility index (Phi) is 5.52. The first kappa shape index (κ1) is 16.1. The van der Waals surface area contributed by atoms with E-state index in [-0.39, 0.29) is 12.0 Å². The highest BCUT2D eigenvalue weighted by atomic mass is 16.5. The fourth-order valence-electron chi connectivity index (χ4n) is 2.34. The molecule has 3 rings (SSSR count). The molecule has 1 unspecified atom stereocenters. The zero-order valence-corrected chi connectivity index (χ0v) is 13.2. The van der Waals surface area contributed by atoms with Crippen LogP contribution in [0.1, 0.15) is 12.8 Å². The van der Waals surface area contributed by atoms with Gasteiger partial charge in [0, 0.05) is 25.9 Å². The Morgan fingerprint density at radius 1 is 1.12 bits per heavy atom. The summed E-state index contributed by atoms with van der Waals surface area (Å²) in [4.78, 5) is 15.9. The first-order chi connectivity index (χ1) is 11.8. The third kappa shape index (κ3) is 4.63. The number of carbonyl (C=O) groups excluding carboxylic acids is 1. The highest BCUT2D eigenvalue weighted by Crippen LogP contribution is 2.12. The van der Waals surface area contributed by atoms with Crippen molar-refractivity contribution in [2.45, 2.75) is 18.9 Å². The molecule has 8 heteroatoms. The number of nitrogens with zero attached hydrogens (tertiary/aromatic N) is 3. The van der Waals surface area contributed by atoms with Gasteiger partial charge in [0.25, 0.3) is 0 Å². The van der Waals surface area contributed by atoms with E-state index < -0.39 is 0 Å². The lowest BCUT2D eigenvalue weighted by Gasteiger charge is -2.11. The smallest absolute Gasteiger partial charge is 0.249 e. The molecule has 0 saturated carbocycles. The zero-order chi connectivity index (χ0) is 16.6. The normalized spacial score (nSPS) is 16.6. The van der Waals surface area contributed by atoms with Crippen molar-refractivity contribution in [3.8, 4) is 0 Å². The van der Waals surface area contributed by atoms with Gasteiger partial charge in [0.05, 0.1) is 0 Å². The maximum absolute atomic E-state index is 11.8. The fraction of sp³-hybridized carbons (Fsp3) is 0.375. The van der Waals surface area contributed by atoms with Crippen LogP contribution in [0.2, 0.25) is 0 Å². The van der Waals surface area contributed by atoms with Crippen LogP contribution >= 0.6 is 0 Å². The molecular formula is C16H20N6O2. The highest BCUT2D eigenvalue weighted by Gasteiger charge is 2.22. The van der Waals surface area contributed by atoms with Crippen LogP contribution in [0.15, 0.2) is 36.5 Å². The van der Waals surface area contributed by atoms with Gasteiger partial charge in [-0.25, -0.2) is 4.98 Å². The maximum Gasteiger partial charge on any atom is 0.249 e. The SMILES string of the molecule is O=C(NCCNc1ccc(Nc2ccccn2)nn1)C1CCCO1. The predicted octanol–water partition coefficient (Wildman–Crippen LogP) is 1.32. The summed E-state index contributed by atoms with van der Waals surface area (Å²) < 4.78 is 5.33. The Morgan fingerprint density at radius 3 is 2.71 bits per heavy atom. The van der Waals surface area contributed by atoms with Crippen molar-refractivity contribution in [3.05, 3.63) is 36.5 Å². The molecule has 8 nitrogen and oxygen atoms in total. The maximum atomic E-state index is 11.8. The number of nitrogens with one attached hydrogen (secondary N) is 3. The lowest BCUT2D eigenvalue weighted by Crippen LogP contribution is -2.36. The molecule has 2 aromatic heterocycles. The van der Waals surface area contributed by atoms with Crippen LogP contribution in [0, 0.1) is 0 Å². The molecule has 0 spiro atoms. The first-order valence-corrected chi connectivity index (χ1v) is 7.96. The third-order valence-electron chi connectivity index (χ3n) is 3.54. The minimum absolute atomic E-state index is 0.0460. The summed E-state index contributed by atoms with van der Waals surface area (Å²) in [6.07, 6.45) is 3.17. The van der Waals surface area contributed by atoms with Gasteiger partial charge in [0.15, 0.2) is 5.82 Å². The first-order valence-electron chi connectivity index (χ1n) is 7.96. The van der Waals surface area contributed by atoms with Gasteiger partial charge in [-0.2, -0.15) is 0 Å². The molecule has 3 N–H and O–H groups in total. The van der Waals surface area contributed by atoms with E-state index in [4.69, 9.17) is 4.74 Å². The average molecular weight is 328 g/mol. The molecule has 2 aromatic rings. The molecule has 0 radical (unpaired) electrons. The molecule has 1 atom stereocenters. The molecule has 1 aliphatic rings. The van der Waals surface area contributed by atoms with E-state index in [0.29, 0.717) is 37.1 Å². The minimum atomic E-state index is -0.290. The minimum Gasteiger partial charge on any atom is -0.368 e. The van der Waals surface area contributed by atoms with Crippen LogP contribution in [0.4, 0.5) is 17.5 Å². The number of aromatic nitrogens is 3. The Bertz CT molecular complexity index is 643. The summed E-state index contributed by atoms with van der Waals surface area (Å²) >= 11 is 0. The van der Waals surface area contributed by atoms with E-state index in [1.165, 1.54) is 0 Å². The van der Waals surface area contributed by atoms with Crippen molar-refractivity contribution in [2.75, 3.05) is 30.3 Å². The van der Waals surface area contributed by atoms with E-state index in [9.17, 15) is 4.79 Å². The van der Waals surface area contributed by atoms with E-state index in [1.54, 1.807) is 6.20 Å². The van der Waals surface area contributed by atoms with E-state index in [1.807, 2.05) is 30.3 Å². The number of hydrogen-bond acceptors (Lipinski definition) is 7. The van der Waals surface area contributed by atoms with Gasteiger partial charge in [0.2, 0.25) is 5.91 Å². The average Bonchev–Trinajstić information content (AvgIpc) is 3.16. The van der Waals surface area contributed by atoms with Gasteiger partial charge in [0.1, 0.15) is 17.7 Å². The van der Waals surface area contributed by atoms with Crippen LogP contribution in [0.5, 0.6) is 0 Å². The summed E-state index contributed by atoms with van der Waals surface area (Å²) in [5.41, 5.74) is 0. The van der Waals surface area contributed by atoms with Crippen LogP contribution < -0.4 is 16.0 Å². The van der Waals surface area contributed by atoms with Crippen LogP contribution in [-0.4, -0.2) is 46.9 Å². The molecule has 0 aromatic carbocycles. The number of pyridine rings is 1. The Hall–Kier alpha value is -2.74. The second-order valence-corrected chi connectivity index (χ2v) is 5.36. The largest absolute Gasteiger partial charge is 0.368 e. The molecular weight excluding hydrogens is 308 g/mol. The van der Waals surface area contributed by atoms with E-state index in [0.717, 1.165) is 12.8 Å². The lowest BCUT2D eigenvalue weighted by molar-refractivity contribution is -0.129. The van der Waals surface area contributed by atoms with Gasteiger partial charge in [-0.15, -0.1) is 10.2 Å². The molecule has 1 fully saturated rings. The standard InChI is InChI=1S/C16H20N6O2/c23-16(12-4-3-11-24-12)19-10-9-18-14-6-7-15(22-21-14)20-13-5-1-2-8-17-13/h1-2,5-8,12H,3-4,9-11H2,(H,18,21)(H,19,23)(H,17,20,22). The quantitative estimate of drug-likeness (QED) is 0.659. The number of anilines is 3. The van der Waals surface area contributed by atoms with Gasteiger partial charge in [-0.1, -0.05) is 6.07 Å². The van der Waals surface area contributed by atoms with E-state index in [2.05, 4.69) is 31.1 Å². The third-order valence-corrected chi connectivity index (χ3v) is 3.54. The fourth-order valence-corrected chi connectivity index (χ4v) is 2.34. The monoisotopic (exact) mass is 328 g/mol. The summed E-state index contributed by atoms with van der Waals surface area (Å²) in [7, 11) is 0. The number of hydrogen-bond donors (Lipinski definition) is 3. The van der Waals surface area contributed by atoms with Gasteiger partial charge < -0.3 is 20.7 Å². The predicted molar refractivity (Wildman–Crippen MR) is 90.0 cm³/mol. The Labute approximate surface area is 140 Å². The number of rotatable bonds is 7. The second-order valence-electron chi connectivity index (χ2n) is 5.36. The number of ether oxygens (including phenoxy) is 1. The van der Waals surface area contributed by atoms with Crippen molar-refractivity contribution in [3.63, 3.8) is 0 Å². The molecule has 126 valence electrons. The van der Waals surface area contributed by atoms with Crippen molar-refractivity contribution in [1.82, 2.24) is 20.5 Å². The summed E-state index contributed by atoms with van der Waals surface area (Å²) in [5, 5.41) is 17.2. The summed E-state index contributed by atoms with van der Waals surface area (Å²) in [6.45, 7) is 1.75. The molecule has 0 bridgehead atoms. The molecule has 1 aliphatic heterocycles. The van der Waals surface area contributed by atoms with Gasteiger partial charge in [-0.3, -0.25) is 4.79 Å². The van der Waals surface area contributed by atoms with Crippen molar-refractivity contribution >= 4 is 23.4 Å². The topological polar surface area (TPSA) is 101 Å². The van der Waals surface area contributed by atoms with Crippen LogP contribution in [0.3, 0.4) is 0 Å². The Morgan fingerprint density at radius 2 is 2.00 bits per heavy atom. The van der Waals surface area contributed by atoms with Crippen molar-refractivity contribution in [2.24, 2.45) is 0 Å². The zero-order valence-electron chi connectivity index (χ0n) is 13.2. The molecule has 24 heavy (non-hydrogen) atoms. The Balaban J connectivity index is 1.39. The second kappa shape index (κ2) is 8.21. The molecule has 0 aliphatic carbocycles. The molecule has 1 saturated heterocycles. The summed E-state index contributed by atoms with van der Waals surface area (Å²) in [6, 6.07) is 9.23. The van der Waals surface area contributed by atoms with Gasteiger partial charge in [-0.05, 0) is 37.1 Å². The molecule has 3 heterocycles. The van der Waals surface area contributed by atoms with Crippen LogP contribution in [0.25, 0.3) is 0 Å². The number of carbonyl (C=O) groups is 1. The van der Waals surface area contributed by atoms with Crippen molar-refractivity contribution in [1.29, 1.82) is 0 Å². The van der Waals surface area contributed by atoms with Crippen molar-refractivity contribution < 1.29 is 9.53 Å². The lowest BCUT2D eigenvalue weighted by atomic mass is 10.2. The number of amides is 1.